The van der Waals surface area contributed by atoms with E-state index in [1.54, 1.807) is 0 Å². The predicted octanol–water partition coefficient (Wildman–Crippen LogP) is 3.99. The molecule has 0 aliphatic carbocycles. The molecule has 0 saturated carbocycles. The summed E-state index contributed by atoms with van der Waals surface area (Å²) >= 11 is 5.12. The Morgan fingerprint density at radius 3 is 2.23 bits per heavy atom. The number of ether oxygens (including phenoxy) is 1. The first-order valence-corrected chi connectivity index (χ1v) is 7.62. The molecule has 1 aliphatic rings. The van der Waals surface area contributed by atoms with Gasteiger partial charge in [0, 0.05) is 0 Å². The van der Waals surface area contributed by atoms with E-state index >= 15 is 0 Å². The molecule has 26 heavy (non-hydrogen) atoms. The Hall–Kier alpha value is -2.94. The Labute approximate surface area is 150 Å². The number of carbonyl (C=O) groups is 1. The number of hydrogen-bond donors (Lipinski definition) is 1. The SMILES string of the molecule is O=C1/C(=C/c2ccc(F)cc2)NC(=S)N1c1ccc(OC(F)(F)F)cc1. The zero-order valence-electron chi connectivity index (χ0n) is 12.9. The van der Waals surface area contributed by atoms with Crippen LogP contribution in [0.5, 0.6) is 5.75 Å². The first-order valence-electron chi connectivity index (χ1n) is 7.21. The molecule has 1 amide bonds. The third kappa shape index (κ3) is 3.99. The summed E-state index contributed by atoms with van der Waals surface area (Å²) in [4.78, 5) is 13.7. The van der Waals surface area contributed by atoms with E-state index in [-0.39, 0.29) is 16.5 Å². The van der Waals surface area contributed by atoms with Gasteiger partial charge in [-0.05, 0) is 60.3 Å². The molecule has 1 aliphatic heterocycles. The summed E-state index contributed by atoms with van der Waals surface area (Å²) in [6.45, 7) is 0. The summed E-state index contributed by atoms with van der Waals surface area (Å²) in [5.41, 5.74) is 1.03. The average Bonchev–Trinajstić information content (AvgIpc) is 2.83. The van der Waals surface area contributed by atoms with E-state index in [4.69, 9.17) is 12.2 Å². The molecular formula is C17H10F4N2O2S. The summed E-state index contributed by atoms with van der Waals surface area (Å²) in [5.74, 6) is -1.30. The van der Waals surface area contributed by atoms with Gasteiger partial charge in [-0.15, -0.1) is 13.2 Å². The van der Waals surface area contributed by atoms with Crippen molar-refractivity contribution in [2.45, 2.75) is 6.36 Å². The smallest absolute Gasteiger partial charge is 0.406 e. The van der Waals surface area contributed by atoms with E-state index in [1.807, 2.05) is 0 Å². The van der Waals surface area contributed by atoms with Gasteiger partial charge in [0.05, 0.1) is 5.69 Å². The number of alkyl halides is 3. The third-order valence-corrected chi connectivity index (χ3v) is 3.67. The molecule has 9 heteroatoms. The van der Waals surface area contributed by atoms with Gasteiger partial charge in [-0.25, -0.2) is 4.39 Å². The molecule has 1 saturated heterocycles. The van der Waals surface area contributed by atoms with Crippen LogP contribution in [0.2, 0.25) is 0 Å². The van der Waals surface area contributed by atoms with E-state index < -0.39 is 23.8 Å². The number of benzene rings is 2. The maximum absolute atomic E-state index is 12.9. The fraction of sp³-hybridized carbons (Fsp3) is 0.0588. The van der Waals surface area contributed by atoms with Gasteiger partial charge < -0.3 is 10.1 Å². The molecule has 3 rings (SSSR count). The molecule has 4 nitrogen and oxygen atoms in total. The Balaban J connectivity index is 1.82. The predicted molar refractivity (Wildman–Crippen MR) is 90.7 cm³/mol. The van der Waals surface area contributed by atoms with Crippen molar-refractivity contribution in [3.63, 3.8) is 0 Å². The lowest BCUT2D eigenvalue weighted by Gasteiger charge is -2.15. The molecule has 1 fully saturated rings. The Bertz CT molecular complexity index is 877. The van der Waals surface area contributed by atoms with Crippen LogP contribution in [0.15, 0.2) is 54.2 Å². The molecule has 1 heterocycles. The van der Waals surface area contributed by atoms with Gasteiger partial charge in [-0.1, -0.05) is 12.1 Å². The minimum Gasteiger partial charge on any atom is -0.406 e. The lowest BCUT2D eigenvalue weighted by Crippen LogP contribution is -2.30. The molecule has 1 N–H and O–H groups in total. The summed E-state index contributed by atoms with van der Waals surface area (Å²) in [7, 11) is 0. The molecule has 0 bridgehead atoms. The summed E-state index contributed by atoms with van der Waals surface area (Å²) in [6, 6.07) is 10.2. The minimum atomic E-state index is -4.80. The number of amides is 1. The normalized spacial score (nSPS) is 16.2. The molecule has 2 aromatic rings. The van der Waals surface area contributed by atoms with Crippen molar-refractivity contribution in [2.75, 3.05) is 4.90 Å². The second-order valence-electron chi connectivity index (χ2n) is 5.22. The monoisotopic (exact) mass is 382 g/mol. The standard InChI is InChI=1S/C17H10F4N2O2S/c18-11-3-1-10(2-4-11)9-14-15(24)23(16(26)22-14)12-5-7-13(8-6-12)25-17(19,20)21/h1-9H,(H,22,26)/b14-9-. The highest BCUT2D eigenvalue weighted by Gasteiger charge is 2.33. The molecule has 2 aromatic carbocycles. The van der Waals surface area contributed by atoms with Crippen LogP contribution >= 0.6 is 12.2 Å². The Kier molecular flexibility index (Phi) is 4.64. The minimum absolute atomic E-state index is 0.0767. The molecule has 0 unspecified atom stereocenters. The van der Waals surface area contributed by atoms with Crippen molar-refractivity contribution < 1.29 is 27.1 Å². The van der Waals surface area contributed by atoms with Crippen molar-refractivity contribution in [1.82, 2.24) is 5.32 Å². The largest absolute Gasteiger partial charge is 0.573 e. The number of rotatable bonds is 3. The quantitative estimate of drug-likeness (QED) is 0.495. The van der Waals surface area contributed by atoms with Gasteiger partial charge >= 0.3 is 6.36 Å². The Morgan fingerprint density at radius 2 is 1.65 bits per heavy atom. The highest BCUT2D eigenvalue weighted by molar-refractivity contribution is 7.80. The average molecular weight is 382 g/mol. The van der Waals surface area contributed by atoms with E-state index in [0.717, 1.165) is 17.0 Å². The summed E-state index contributed by atoms with van der Waals surface area (Å²) < 4.78 is 53.3. The number of anilines is 1. The van der Waals surface area contributed by atoms with Crippen molar-refractivity contribution >= 4 is 35.0 Å². The van der Waals surface area contributed by atoms with Gasteiger partial charge in [0.15, 0.2) is 5.11 Å². The van der Waals surface area contributed by atoms with Crippen LogP contribution in [0.1, 0.15) is 5.56 Å². The maximum Gasteiger partial charge on any atom is 0.573 e. The molecular weight excluding hydrogens is 372 g/mol. The van der Waals surface area contributed by atoms with E-state index in [2.05, 4.69) is 10.1 Å². The maximum atomic E-state index is 12.9. The molecule has 0 aromatic heterocycles. The van der Waals surface area contributed by atoms with Crippen LogP contribution in [0, 0.1) is 5.82 Å². The van der Waals surface area contributed by atoms with Crippen LogP contribution in [0.3, 0.4) is 0 Å². The number of nitrogens with zero attached hydrogens (tertiary/aromatic N) is 1. The molecule has 0 radical (unpaired) electrons. The van der Waals surface area contributed by atoms with Crippen LogP contribution in [-0.2, 0) is 4.79 Å². The second-order valence-corrected chi connectivity index (χ2v) is 5.61. The van der Waals surface area contributed by atoms with Crippen molar-refractivity contribution in [3.8, 4) is 5.75 Å². The first kappa shape index (κ1) is 17.9. The molecule has 134 valence electrons. The van der Waals surface area contributed by atoms with Gasteiger partial charge in [-0.3, -0.25) is 9.69 Å². The van der Waals surface area contributed by atoms with E-state index in [0.29, 0.717) is 5.56 Å². The van der Waals surface area contributed by atoms with Crippen molar-refractivity contribution in [2.24, 2.45) is 0 Å². The second kappa shape index (κ2) is 6.75. The van der Waals surface area contributed by atoms with Gasteiger partial charge in [0.2, 0.25) is 0 Å². The van der Waals surface area contributed by atoms with Gasteiger partial charge in [0.1, 0.15) is 17.3 Å². The summed E-state index contributed by atoms with van der Waals surface area (Å²) in [6.07, 6.45) is -3.30. The van der Waals surface area contributed by atoms with Crippen molar-refractivity contribution in [3.05, 3.63) is 65.6 Å². The third-order valence-electron chi connectivity index (χ3n) is 3.39. The van der Waals surface area contributed by atoms with Crippen LogP contribution in [0.25, 0.3) is 6.08 Å². The number of nitrogens with one attached hydrogen (secondary N) is 1. The number of thiocarbonyl (C=S) groups is 1. The molecule has 0 spiro atoms. The van der Waals surface area contributed by atoms with Crippen molar-refractivity contribution in [1.29, 1.82) is 0 Å². The highest BCUT2D eigenvalue weighted by atomic mass is 32.1. The highest BCUT2D eigenvalue weighted by Crippen LogP contribution is 2.27. The zero-order valence-corrected chi connectivity index (χ0v) is 13.7. The lowest BCUT2D eigenvalue weighted by molar-refractivity contribution is -0.274. The number of hydrogen-bond acceptors (Lipinski definition) is 3. The van der Waals surface area contributed by atoms with Crippen LogP contribution < -0.4 is 15.0 Å². The van der Waals surface area contributed by atoms with E-state index in [9.17, 15) is 22.4 Å². The van der Waals surface area contributed by atoms with Crippen LogP contribution in [0.4, 0.5) is 23.2 Å². The Morgan fingerprint density at radius 1 is 1.04 bits per heavy atom. The number of halogens is 4. The fourth-order valence-electron chi connectivity index (χ4n) is 2.29. The fourth-order valence-corrected chi connectivity index (χ4v) is 2.59. The first-order chi connectivity index (χ1) is 12.2. The zero-order chi connectivity index (χ0) is 18.9. The topological polar surface area (TPSA) is 41.6 Å². The molecule has 0 atom stereocenters. The summed E-state index contributed by atoms with van der Waals surface area (Å²) in [5, 5.41) is 2.81. The van der Waals surface area contributed by atoms with Gasteiger partial charge in [0.25, 0.3) is 5.91 Å². The number of carbonyl (C=O) groups excluding carboxylic acids is 1. The van der Waals surface area contributed by atoms with Crippen LogP contribution in [-0.4, -0.2) is 17.4 Å². The van der Waals surface area contributed by atoms with E-state index in [1.165, 1.54) is 42.5 Å². The lowest BCUT2D eigenvalue weighted by atomic mass is 10.2. The van der Waals surface area contributed by atoms with Gasteiger partial charge in [-0.2, -0.15) is 0 Å².